The number of nitrogens with one attached hydrogen (secondary N) is 1. The number of anilines is 1. The lowest BCUT2D eigenvalue weighted by Gasteiger charge is -2.07. The number of thiophene rings is 2. The van der Waals surface area contributed by atoms with Crippen LogP contribution in [0, 0.1) is 6.92 Å². The van der Waals surface area contributed by atoms with Crippen molar-refractivity contribution in [1.29, 1.82) is 0 Å². The SMILES string of the molecule is CC.Cc1csc2c(NCc3cccs3)cc(Cl)nc12.NC1CCCCCC1. The van der Waals surface area contributed by atoms with Crippen molar-refractivity contribution in [1.82, 2.24) is 4.98 Å². The van der Waals surface area contributed by atoms with Gasteiger partial charge < -0.3 is 11.1 Å². The number of hydrogen-bond donors (Lipinski definition) is 2. The average Bonchev–Trinajstić information content (AvgIpc) is 3.28. The predicted octanol–water partition coefficient (Wildman–Crippen LogP) is 7.63. The molecular formula is C22H32ClN3S2. The molecule has 3 heterocycles. The third kappa shape index (κ3) is 7.03. The van der Waals surface area contributed by atoms with Crippen molar-refractivity contribution < 1.29 is 0 Å². The van der Waals surface area contributed by atoms with Gasteiger partial charge in [0.1, 0.15) is 5.15 Å². The highest BCUT2D eigenvalue weighted by atomic mass is 35.5. The molecule has 0 aromatic carbocycles. The maximum atomic E-state index is 6.07. The number of rotatable bonds is 3. The second-order valence-electron chi connectivity index (χ2n) is 6.77. The predicted molar refractivity (Wildman–Crippen MR) is 128 cm³/mol. The summed E-state index contributed by atoms with van der Waals surface area (Å²) < 4.78 is 1.17. The maximum Gasteiger partial charge on any atom is 0.131 e. The quantitative estimate of drug-likeness (QED) is 0.327. The molecule has 1 aliphatic rings. The highest BCUT2D eigenvalue weighted by molar-refractivity contribution is 7.18. The van der Waals surface area contributed by atoms with Gasteiger partial charge in [-0.25, -0.2) is 4.98 Å². The smallest absolute Gasteiger partial charge is 0.131 e. The van der Waals surface area contributed by atoms with E-state index < -0.39 is 0 Å². The summed E-state index contributed by atoms with van der Waals surface area (Å²) >= 11 is 9.52. The molecule has 3 aromatic heterocycles. The summed E-state index contributed by atoms with van der Waals surface area (Å²) in [6.45, 7) is 6.88. The van der Waals surface area contributed by atoms with E-state index in [-0.39, 0.29) is 0 Å². The standard InChI is InChI=1S/C13H11ClN2S2.C7H15N.C2H6/c1-8-7-18-13-10(5-11(14)16-12(8)13)15-6-9-3-2-4-17-9;8-7-5-3-1-2-4-6-7;1-2/h2-5,7H,6H2,1H3,(H,15,16);7H,1-6,8H2;1-2H3. The molecule has 4 rings (SSSR count). The van der Waals surface area contributed by atoms with E-state index in [4.69, 9.17) is 17.3 Å². The molecule has 28 heavy (non-hydrogen) atoms. The van der Waals surface area contributed by atoms with Gasteiger partial charge in [0.25, 0.3) is 0 Å². The summed E-state index contributed by atoms with van der Waals surface area (Å²) in [7, 11) is 0. The molecule has 0 saturated heterocycles. The van der Waals surface area contributed by atoms with Crippen LogP contribution in [-0.4, -0.2) is 11.0 Å². The van der Waals surface area contributed by atoms with Crippen LogP contribution in [0.2, 0.25) is 5.15 Å². The van der Waals surface area contributed by atoms with Crippen molar-refractivity contribution >= 4 is 50.2 Å². The summed E-state index contributed by atoms with van der Waals surface area (Å²) in [5.41, 5.74) is 8.98. The average molecular weight is 438 g/mol. The first kappa shape index (κ1) is 23.1. The van der Waals surface area contributed by atoms with E-state index in [0.717, 1.165) is 17.7 Å². The summed E-state index contributed by atoms with van der Waals surface area (Å²) in [6.07, 6.45) is 8.07. The number of nitrogens with two attached hydrogens (primary N) is 1. The molecular weight excluding hydrogens is 406 g/mol. The molecule has 1 fully saturated rings. The molecule has 1 saturated carbocycles. The molecule has 0 spiro atoms. The van der Waals surface area contributed by atoms with Crippen LogP contribution < -0.4 is 11.1 Å². The zero-order chi connectivity index (χ0) is 20.4. The molecule has 3 N–H and O–H groups in total. The van der Waals surface area contributed by atoms with E-state index in [0.29, 0.717) is 11.2 Å². The van der Waals surface area contributed by atoms with Crippen molar-refractivity contribution in [2.75, 3.05) is 5.32 Å². The van der Waals surface area contributed by atoms with Crippen LogP contribution in [0.25, 0.3) is 10.2 Å². The minimum Gasteiger partial charge on any atom is -0.379 e. The van der Waals surface area contributed by atoms with E-state index in [1.165, 1.54) is 53.7 Å². The third-order valence-corrected chi connectivity index (χ3v) is 6.79. The molecule has 0 unspecified atom stereocenters. The molecule has 0 amide bonds. The Labute approximate surface area is 182 Å². The lowest BCUT2D eigenvalue weighted by Crippen LogP contribution is -2.17. The van der Waals surface area contributed by atoms with E-state index >= 15 is 0 Å². The first-order valence-corrected chi connectivity index (χ1v) is 12.3. The van der Waals surface area contributed by atoms with Gasteiger partial charge in [-0.15, -0.1) is 22.7 Å². The fourth-order valence-corrected chi connectivity index (χ4v) is 4.95. The lowest BCUT2D eigenvalue weighted by atomic mass is 10.1. The number of pyridine rings is 1. The van der Waals surface area contributed by atoms with Crippen molar-refractivity contribution in [2.45, 2.75) is 71.9 Å². The second-order valence-corrected chi connectivity index (χ2v) is 9.07. The van der Waals surface area contributed by atoms with Gasteiger partial charge in [0.05, 0.1) is 15.9 Å². The van der Waals surface area contributed by atoms with Gasteiger partial charge in [0.2, 0.25) is 0 Å². The summed E-state index contributed by atoms with van der Waals surface area (Å²) in [5.74, 6) is 0. The van der Waals surface area contributed by atoms with Crippen LogP contribution in [0.4, 0.5) is 5.69 Å². The van der Waals surface area contributed by atoms with Crippen LogP contribution >= 0.6 is 34.3 Å². The Bertz CT molecular complexity index is 807. The Morgan fingerprint density at radius 2 is 1.89 bits per heavy atom. The fraction of sp³-hybridized carbons (Fsp3) is 0.500. The molecule has 1 aliphatic carbocycles. The van der Waals surface area contributed by atoms with Crippen molar-refractivity contribution in [3.63, 3.8) is 0 Å². The summed E-state index contributed by atoms with van der Waals surface area (Å²) in [4.78, 5) is 5.69. The largest absolute Gasteiger partial charge is 0.379 e. The zero-order valence-electron chi connectivity index (χ0n) is 17.1. The van der Waals surface area contributed by atoms with E-state index in [1.54, 1.807) is 22.7 Å². The van der Waals surface area contributed by atoms with Gasteiger partial charge in [0.15, 0.2) is 0 Å². The van der Waals surface area contributed by atoms with Crippen LogP contribution in [0.5, 0.6) is 0 Å². The monoisotopic (exact) mass is 437 g/mol. The molecule has 0 atom stereocenters. The highest BCUT2D eigenvalue weighted by Crippen LogP contribution is 2.33. The zero-order valence-corrected chi connectivity index (χ0v) is 19.5. The van der Waals surface area contributed by atoms with Gasteiger partial charge in [-0.1, -0.05) is 57.2 Å². The number of aromatic nitrogens is 1. The molecule has 154 valence electrons. The molecule has 0 radical (unpaired) electrons. The van der Waals surface area contributed by atoms with E-state index in [2.05, 4.69) is 40.1 Å². The second kappa shape index (κ2) is 12.4. The Balaban J connectivity index is 0.000000236. The highest BCUT2D eigenvalue weighted by Gasteiger charge is 2.09. The van der Waals surface area contributed by atoms with Crippen LogP contribution in [0.15, 0.2) is 29.0 Å². The summed E-state index contributed by atoms with van der Waals surface area (Å²) in [5, 5.41) is 8.18. The molecule has 3 aromatic rings. The third-order valence-electron chi connectivity index (χ3n) is 4.60. The Morgan fingerprint density at radius 3 is 2.54 bits per heavy atom. The fourth-order valence-electron chi connectivity index (χ4n) is 3.13. The van der Waals surface area contributed by atoms with Crippen LogP contribution in [0.3, 0.4) is 0 Å². The Morgan fingerprint density at radius 1 is 1.18 bits per heavy atom. The van der Waals surface area contributed by atoms with Crippen molar-refractivity contribution in [2.24, 2.45) is 5.73 Å². The molecule has 0 aliphatic heterocycles. The number of fused-ring (bicyclic) bond motifs is 1. The van der Waals surface area contributed by atoms with Crippen LogP contribution in [-0.2, 0) is 6.54 Å². The number of halogens is 1. The van der Waals surface area contributed by atoms with Gasteiger partial charge in [0, 0.05) is 23.5 Å². The van der Waals surface area contributed by atoms with Gasteiger partial charge in [-0.2, -0.15) is 0 Å². The number of aryl methyl sites for hydroxylation is 1. The first-order valence-electron chi connectivity index (χ1n) is 10.2. The van der Waals surface area contributed by atoms with Gasteiger partial charge >= 0.3 is 0 Å². The maximum absolute atomic E-state index is 6.07. The van der Waals surface area contributed by atoms with Gasteiger partial charge in [-0.3, -0.25) is 0 Å². The lowest BCUT2D eigenvalue weighted by molar-refractivity contribution is 0.583. The molecule has 3 nitrogen and oxygen atoms in total. The van der Waals surface area contributed by atoms with Crippen LogP contribution in [0.1, 0.15) is 62.8 Å². The van der Waals surface area contributed by atoms with E-state index in [1.807, 2.05) is 19.9 Å². The molecule has 0 bridgehead atoms. The minimum atomic E-state index is 0.525. The summed E-state index contributed by atoms with van der Waals surface area (Å²) in [6, 6.07) is 6.61. The first-order chi connectivity index (χ1) is 13.6. The number of hydrogen-bond acceptors (Lipinski definition) is 5. The number of nitrogens with zero attached hydrogens (tertiary/aromatic N) is 1. The topological polar surface area (TPSA) is 50.9 Å². The van der Waals surface area contributed by atoms with Crippen molar-refractivity contribution in [3.8, 4) is 0 Å². The Kier molecular flexibility index (Phi) is 10.3. The van der Waals surface area contributed by atoms with Gasteiger partial charge in [-0.05, 0) is 42.2 Å². The van der Waals surface area contributed by atoms with E-state index in [9.17, 15) is 0 Å². The molecule has 6 heteroatoms. The van der Waals surface area contributed by atoms with Crippen molar-refractivity contribution in [3.05, 3.63) is 44.6 Å². The minimum absolute atomic E-state index is 0.525. The normalized spacial score (nSPS) is 14.5. The Hall–Kier alpha value is -1.14.